The Kier molecular flexibility index (Phi) is 27.3. The van der Waals surface area contributed by atoms with Crippen molar-refractivity contribution in [1.29, 1.82) is 10.7 Å². The Hall–Kier alpha value is -12.7. The first-order chi connectivity index (χ1) is 52.1. The fraction of sp³-hybridized carbons (Fsp3) is 0.161. The zero-order valence-corrected chi connectivity index (χ0v) is 63.3. The first kappa shape index (κ1) is 77.9. The van der Waals surface area contributed by atoms with Crippen molar-refractivity contribution in [1.82, 2.24) is 19.9 Å². The number of nitrogens with two attached hydrogens (primary N) is 3. The fourth-order valence-corrected chi connectivity index (χ4v) is 12.5. The van der Waals surface area contributed by atoms with Crippen LogP contribution < -0.4 is 17.2 Å². The Labute approximate surface area is 636 Å². The average Bonchev–Trinajstić information content (AvgIpc) is 0.830. The molecular weight excluding hydrogens is 1360 g/mol. The van der Waals surface area contributed by atoms with Gasteiger partial charge in [0.05, 0.1) is 17.1 Å². The van der Waals surface area contributed by atoms with Crippen molar-refractivity contribution >= 4 is 94.1 Å². The third kappa shape index (κ3) is 21.9. The number of aromatic nitrogens is 4. The molecule has 0 unspecified atom stereocenters. The van der Waals surface area contributed by atoms with E-state index in [9.17, 15) is 4.39 Å². The lowest BCUT2D eigenvalue weighted by molar-refractivity contribution is 0.125. The maximum atomic E-state index is 13.0. The minimum Gasteiger partial charge on any atom is -0.389 e. The highest BCUT2D eigenvalue weighted by atomic mass is 35.5. The van der Waals surface area contributed by atoms with Crippen LogP contribution in [0.15, 0.2) is 271 Å². The number of hydrogen-bond acceptors (Lipinski definition) is 12. The number of nitrogens with zero attached hydrogens (tertiary/aromatic N) is 7. The number of fused-ring (bicyclic) bond motifs is 9. The lowest BCUT2D eigenvalue weighted by Gasteiger charge is -2.14. The van der Waals surface area contributed by atoms with Crippen molar-refractivity contribution in [2.45, 2.75) is 101 Å². The molecule has 0 amide bonds. The molecule has 0 atom stereocenters. The maximum Gasteiger partial charge on any atom is 0.170 e. The number of aryl methyl sites for hydroxylation is 11. The van der Waals surface area contributed by atoms with E-state index in [1.807, 2.05) is 205 Å². The molecule has 1 aliphatic carbocycles. The van der Waals surface area contributed by atoms with E-state index in [1.165, 1.54) is 86.1 Å². The predicted molar refractivity (Wildman–Crippen MR) is 445 cm³/mol. The van der Waals surface area contributed by atoms with Gasteiger partial charge >= 0.3 is 0 Å². The summed E-state index contributed by atoms with van der Waals surface area (Å²) in [6, 6.07) is 84.6. The number of oxime groups is 2. The van der Waals surface area contributed by atoms with E-state index >= 15 is 0 Å². The molecule has 4 aromatic heterocycles. The van der Waals surface area contributed by atoms with Gasteiger partial charge in [-0.1, -0.05) is 202 Å². The normalized spacial score (nSPS) is 11.8. The standard InChI is InChI=1S/C12H12N2.C12H9N.C11H9Cl.C11H9F.C10H9N.C10H13N.2C9H10N2O.C9H8N2/c1-8-6-9-4-2-3-5-10(9)7-11(8)12(13)14;1-9-6-10-4-2-3-5-11(10)7-12(9)8-13;1-8-2-3-10-7-11(12)5-4-9(10)6-8;1-8-6-9-4-2-3-5-10(9)7-11(8)12;1-8-4-5-9-3-2-6-11-10(9)7-8;1-8-6-7-9-4-2-3-5-10(9)11-8;1-6-2-3-8-7(4-6)5-12-11-9(8)10;1-6-2-3-7-5-12-11-9(10)8(7)4-6;1-7-4-5-8-3-2-6-10-9(8)11-7/h2-7H,1H3,(H3,13,14);2-7H,1H3;2*2-7H,1H3;2-7H,1H3;6-7H,2-5H2,1H3;2*2-4H,5H2,1H3,(H2,10,11);2-6H,1H3. The number of rotatable bonds is 1. The number of nitrogen functional groups attached to an aromatic ring is 1. The smallest absolute Gasteiger partial charge is 0.170 e. The maximum absolute atomic E-state index is 13.0. The van der Waals surface area contributed by atoms with E-state index < -0.39 is 0 Å². The first-order valence-electron chi connectivity index (χ1n) is 35.7. The van der Waals surface area contributed by atoms with Crippen LogP contribution in [-0.2, 0) is 35.7 Å². The topological polar surface area (TPSA) is 220 Å². The highest BCUT2D eigenvalue weighted by molar-refractivity contribution is 6.31. The number of nitrogens with one attached hydrogen (secondary N) is 1. The highest BCUT2D eigenvalue weighted by Gasteiger charge is 2.14. The van der Waals surface area contributed by atoms with Crippen LogP contribution in [-0.4, -0.2) is 37.4 Å². The van der Waals surface area contributed by atoms with Gasteiger partial charge in [-0.15, -0.1) is 0 Å². The SMILES string of the molecule is Cc1cc2ccccc2cc1C#N.Cc1cc2ccccc2cc1C(=N)N.Cc1cc2ccccc2cc1F.Cc1ccc2c(c1)C(N)=NOC2.Cc1ccc2c(c1)CON=C2N.Cc1ccc2c(n1)CCCC2.Cc1ccc2cc(Cl)ccc2c1.Cc1ccc2cccnc2c1.Cc1ccc2cccnc2n1. The summed E-state index contributed by atoms with van der Waals surface area (Å²) in [5.41, 5.74) is 37.2. The number of pyridine rings is 4. The third-order valence-corrected chi connectivity index (χ3v) is 18.3. The van der Waals surface area contributed by atoms with Gasteiger partial charge in [0.2, 0.25) is 0 Å². The molecule has 0 saturated carbocycles. The Morgan fingerprint density at radius 3 is 1.60 bits per heavy atom. The number of hydrogen-bond donors (Lipinski definition) is 4. The van der Waals surface area contributed by atoms with Gasteiger partial charge in [-0.05, 0) is 244 Å². The second-order valence-electron chi connectivity index (χ2n) is 26.8. The van der Waals surface area contributed by atoms with Gasteiger partial charge in [-0.25, -0.2) is 14.4 Å². The molecule has 108 heavy (non-hydrogen) atoms. The molecule has 6 heterocycles. The molecule has 11 aromatic carbocycles. The highest BCUT2D eigenvalue weighted by Crippen LogP contribution is 2.25. The van der Waals surface area contributed by atoms with Crippen molar-refractivity contribution in [2.75, 3.05) is 0 Å². The molecule has 0 bridgehead atoms. The van der Waals surface area contributed by atoms with Crippen LogP contribution in [0.2, 0.25) is 5.02 Å². The van der Waals surface area contributed by atoms with Crippen LogP contribution in [0.1, 0.15) is 108 Å². The van der Waals surface area contributed by atoms with Gasteiger partial charge in [0.1, 0.15) is 24.9 Å². The zero-order chi connectivity index (χ0) is 76.6. The Bertz CT molecular complexity index is 5630. The minimum atomic E-state index is -0.131. The summed E-state index contributed by atoms with van der Waals surface area (Å²) in [6.45, 7) is 19.0. The number of benzene rings is 11. The fourth-order valence-electron chi connectivity index (χ4n) is 12.3. The van der Waals surface area contributed by atoms with Crippen LogP contribution in [0, 0.1) is 84.9 Å². The van der Waals surface area contributed by atoms with E-state index in [4.69, 9.17) is 49.1 Å². The molecule has 18 rings (SSSR count). The Morgan fingerprint density at radius 2 is 0.917 bits per heavy atom. The lowest BCUT2D eigenvalue weighted by Crippen LogP contribution is -2.20. The van der Waals surface area contributed by atoms with Gasteiger partial charge in [0.15, 0.2) is 17.3 Å². The molecular formula is C93H89ClFN11O2. The molecule has 2 aliphatic heterocycles. The summed E-state index contributed by atoms with van der Waals surface area (Å²) in [5, 5.41) is 35.9. The third-order valence-electron chi connectivity index (χ3n) is 18.1. The predicted octanol–water partition coefficient (Wildman–Crippen LogP) is 21.6. The van der Waals surface area contributed by atoms with E-state index in [0.29, 0.717) is 30.4 Å². The number of halogens is 2. The Balaban J connectivity index is 0.000000130. The number of nitriles is 1. The lowest BCUT2D eigenvalue weighted by atomic mass is 9.96. The van der Waals surface area contributed by atoms with E-state index in [-0.39, 0.29) is 11.7 Å². The molecule has 3 aliphatic rings. The van der Waals surface area contributed by atoms with Crippen LogP contribution in [0.4, 0.5) is 4.39 Å². The van der Waals surface area contributed by atoms with E-state index in [2.05, 4.69) is 136 Å². The summed E-state index contributed by atoms with van der Waals surface area (Å²) in [6.07, 6.45) is 8.68. The van der Waals surface area contributed by atoms with Crippen LogP contribution in [0.5, 0.6) is 0 Å². The van der Waals surface area contributed by atoms with Crippen LogP contribution in [0.3, 0.4) is 0 Å². The van der Waals surface area contributed by atoms with Gasteiger partial charge in [0.25, 0.3) is 0 Å². The summed E-state index contributed by atoms with van der Waals surface area (Å²) in [4.78, 5) is 27.0. The largest absolute Gasteiger partial charge is 0.389 e. The summed E-state index contributed by atoms with van der Waals surface area (Å²) >= 11 is 5.86. The Morgan fingerprint density at radius 1 is 0.435 bits per heavy atom. The molecule has 0 saturated heterocycles. The van der Waals surface area contributed by atoms with Gasteiger partial charge in [-0.3, -0.25) is 15.4 Å². The van der Waals surface area contributed by atoms with Crippen molar-refractivity contribution in [3.63, 3.8) is 0 Å². The quantitative estimate of drug-likeness (QED) is 0.0899. The van der Waals surface area contributed by atoms with Gasteiger partial charge in [0, 0.05) is 73.1 Å². The summed E-state index contributed by atoms with van der Waals surface area (Å²) in [7, 11) is 0. The molecule has 15 aromatic rings. The van der Waals surface area contributed by atoms with Gasteiger partial charge < -0.3 is 26.9 Å². The van der Waals surface area contributed by atoms with E-state index in [1.54, 1.807) is 19.2 Å². The monoisotopic (exact) mass is 1450 g/mol. The van der Waals surface area contributed by atoms with Crippen LogP contribution >= 0.6 is 11.6 Å². The molecule has 542 valence electrons. The van der Waals surface area contributed by atoms with Gasteiger partial charge in [-0.2, -0.15) is 5.26 Å². The summed E-state index contributed by atoms with van der Waals surface area (Å²) < 4.78 is 13.0. The minimum absolute atomic E-state index is 0.131. The molecule has 0 radical (unpaired) electrons. The summed E-state index contributed by atoms with van der Waals surface area (Å²) in [5.74, 6) is 0.943. The van der Waals surface area contributed by atoms with Crippen molar-refractivity contribution in [3.8, 4) is 6.07 Å². The molecule has 0 spiro atoms. The molecule has 15 heteroatoms. The second kappa shape index (κ2) is 37.8. The molecule has 0 fully saturated rings. The second-order valence-corrected chi connectivity index (χ2v) is 27.2. The number of amidine groups is 3. The van der Waals surface area contributed by atoms with Crippen molar-refractivity contribution in [3.05, 3.63) is 367 Å². The van der Waals surface area contributed by atoms with Crippen LogP contribution in [0.25, 0.3) is 65.0 Å². The van der Waals surface area contributed by atoms with Crippen molar-refractivity contribution in [2.24, 2.45) is 27.5 Å². The van der Waals surface area contributed by atoms with Crippen molar-refractivity contribution < 1.29 is 14.1 Å². The molecule has 13 nitrogen and oxygen atoms in total. The zero-order valence-electron chi connectivity index (χ0n) is 62.5. The first-order valence-corrected chi connectivity index (χ1v) is 36.1. The van der Waals surface area contributed by atoms with E-state index in [0.717, 1.165) is 99.0 Å². The average molecular weight is 1450 g/mol. The molecule has 7 N–H and O–H groups in total.